The van der Waals surface area contributed by atoms with E-state index in [1.165, 1.54) is 0 Å². The molecule has 0 radical (unpaired) electrons. The molecule has 1 aliphatic rings. The highest BCUT2D eigenvalue weighted by atomic mass is 16.2. The number of aromatic nitrogens is 1. The van der Waals surface area contributed by atoms with Gasteiger partial charge in [0.1, 0.15) is 0 Å². The van der Waals surface area contributed by atoms with Crippen LogP contribution in [0.3, 0.4) is 0 Å². The summed E-state index contributed by atoms with van der Waals surface area (Å²) in [6.07, 6.45) is 4.48. The maximum absolute atomic E-state index is 12.3. The Morgan fingerprint density at radius 2 is 1.93 bits per heavy atom. The number of carbonyl (C=O) groups excluding carboxylic acids is 1. The summed E-state index contributed by atoms with van der Waals surface area (Å²) in [6.45, 7) is 4.91. The SMILES string of the molecule is Cc1cc(N/C=C2/C(=O)Nc3cccc(C)c32)ccc1NCCc1ccccn1. The van der Waals surface area contributed by atoms with Crippen molar-refractivity contribution < 1.29 is 4.79 Å². The number of rotatable bonds is 6. The highest BCUT2D eigenvalue weighted by Crippen LogP contribution is 2.34. The Hall–Kier alpha value is -3.60. The van der Waals surface area contributed by atoms with Gasteiger partial charge in [0.05, 0.1) is 5.57 Å². The van der Waals surface area contributed by atoms with Crippen molar-refractivity contribution in [3.8, 4) is 0 Å². The third-order valence-electron chi connectivity index (χ3n) is 5.07. The molecule has 5 heteroatoms. The van der Waals surface area contributed by atoms with Crippen LogP contribution < -0.4 is 16.0 Å². The van der Waals surface area contributed by atoms with E-state index in [9.17, 15) is 4.79 Å². The zero-order valence-electron chi connectivity index (χ0n) is 16.6. The first-order valence-electron chi connectivity index (χ1n) is 9.74. The average molecular weight is 384 g/mol. The Kier molecular flexibility index (Phi) is 5.29. The second-order valence-corrected chi connectivity index (χ2v) is 7.18. The van der Waals surface area contributed by atoms with Crippen LogP contribution in [0.4, 0.5) is 17.1 Å². The van der Waals surface area contributed by atoms with Gasteiger partial charge in [0.25, 0.3) is 5.91 Å². The summed E-state index contributed by atoms with van der Waals surface area (Å²) < 4.78 is 0. The van der Waals surface area contributed by atoms with Gasteiger partial charge in [-0.2, -0.15) is 0 Å². The Balaban J connectivity index is 1.43. The molecule has 1 aromatic heterocycles. The molecule has 0 unspecified atom stereocenters. The Labute approximate surface area is 170 Å². The van der Waals surface area contributed by atoms with Crippen molar-refractivity contribution in [3.63, 3.8) is 0 Å². The predicted molar refractivity (Wildman–Crippen MR) is 119 cm³/mol. The number of aryl methyl sites for hydroxylation is 2. The first-order valence-corrected chi connectivity index (χ1v) is 9.74. The number of amides is 1. The smallest absolute Gasteiger partial charge is 0.257 e. The lowest BCUT2D eigenvalue weighted by Gasteiger charge is -2.11. The van der Waals surface area contributed by atoms with E-state index in [-0.39, 0.29) is 5.91 Å². The van der Waals surface area contributed by atoms with Gasteiger partial charge in [-0.25, -0.2) is 0 Å². The van der Waals surface area contributed by atoms with Crippen LogP contribution in [0.2, 0.25) is 0 Å². The van der Waals surface area contributed by atoms with Crippen molar-refractivity contribution in [2.24, 2.45) is 0 Å². The quantitative estimate of drug-likeness (QED) is 0.536. The van der Waals surface area contributed by atoms with Crippen molar-refractivity contribution in [2.75, 3.05) is 22.5 Å². The van der Waals surface area contributed by atoms with E-state index in [1.807, 2.05) is 55.6 Å². The number of nitrogens with zero attached hydrogens (tertiary/aromatic N) is 1. The molecule has 0 atom stereocenters. The molecule has 0 saturated heterocycles. The Morgan fingerprint density at radius 1 is 1.03 bits per heavy atom. The summed E-state index contributed by atoms with van der Waals surface area (Å²) in [4.78, 5) is 16.7. The van der Waals surface area contributed by atoms with Crippen molar-refractivity contribution in [2.45, 2.75) is 20.3 Å². The molecule has 0 fully saturated rings. The van der Waals surface area contributed by atoms with Gasteiger partial charge < -0.3 is 16.0 Å². The summed E-state index contributed by atoms with van der Waals surface area (Å²) in [5.41, 5.74) is 7.83. The zero-order chi connectivity index (χ0) is 20.2. The van der Waals surface area contributed by atoms with Crippen LogP contribution in [-0.4, -0.2) is 17.4 Å². The summed E-state index contributed by atoms with van der Waals surface area (Å²) in [6, 6.07) is 18.0. The number of anilines is 3. The number of carbonyl (C=O) groups is 1. The molecule has 0 aliphatic carbocycles. The first-order chi connectivity index (χ1) is 14.1. The summed E-state index contributed by atoms with van der Waals surface area (Å²) in [5, 5.41) is 9.66. The van der Waals surface area contributed by atoms with Crippen molar-refractivity contribution in [1.82, 2.24) is 4.98 Å². The standard InChI is InChI=1S/C24H24N4O/c1-16-6-5-8-22-23(16)20(24(29)28-22)15-27-19-9-10-21(17(2)14-19)26-13-11-18-7-3-4-12-25-18/h3-10,12,14-15,26-27H,11,13H2,1-2H3,(H,28,29)/b20-15+. The monoisotopic (exact) mass is 384 g/mol. The maximum atomic E-state index is 12.3. The normalized spacial score (nSPS) is 13.9. The lowest BCUT2D eigenvalue weighted by molar-refractivity contribution is -0.110. The maximum Gasteiger partial charge on any atom is 0.257 e. The average Bonchev–Trinajstić information content (AvgIpc) is 3.05. The fourth-order valence-electron chi connectivity index (χ4n) is 3.55. The third-order valence-corrected chi connectivity index (χ3v) is 5.07. The van der Waals surface area contributed by atoms with Gasteiger partial charge in [-0.15, -0.1) is 0 Å². The van der Waals surface area contributed by atoms with Gasteiger partial charge in [0.15, 0.2) is 0 Å². The van der Waals surface area contributed by atoms with E-state index in [0.717, 1.165) is 52.4 Å². The number of hydrogen-bond acceptors (Lipinski definition) is 4. The largest absolute Gasteiger partial charge is 0.384 e. The molecule has 1 aliphatic heterocycles. The molecule has 29 heavy (non-hydrogen) atoms. The predicted octanol–water partition coefficient (Wildman–Crippen LogP) is 4.76. The Bertz CT molecular complexity index is 1070. The highest BCUT2D eigenvalue weighted by Gasteiger charge is 2.25. The van der Waals surface area contributed by atoms with E-state index < -0.39 is 0 Å². The number of fused-ring (bicyclic) bond motifs is 1. The minimum atomic E-state index is -0.0775. The van der Waals surface area contributed by atoms with Crippen LogP contribution in [-0.2, 0) is 11.2 Å². The van der Waals surface area contributed by atoms with E-state index in [2.05, 4.69) is 40.0 Å². The van der Waals surface area contributed by atoms with Crippen molar-refractivity contribution in [3.05, 3.63) is 89.4 Å². The second kappa shape index (κ2) is 8.19. The van der Waals surface area contributed by atoms with Crippen LogP contribution in [0.5, 0.6) is 0 Å². The number of hydrogen-bond donors (Lipinski definition) is 3. The fourth-order valence-corrected chi connectivity index (χ4v) is 3.55. The van der Waals surface area contributed by atoms with Gasteiger partial charge in [-0.3, -0.25) is 9.78 Å². The topological polar surface area (TPSA) is 66.1 Å². The molecule has 2 heterocycles. The van der Waals surface area contributed by atoms with Crippen LogP contribution in [0.1, 0.15) is 22.4 Å². The van der Waals surface area contributed by atoms with Gasteiger partial charge in [0.2, 0.25) is 0 Å². The molecule has 0 bridgehead atoms. The lowest BCUT2D eigenvalue weighted by Crippen LogP contribution is -2.07. The van der Waals surface area contributed by atoms with E-state index in [0.29, 0.717) is 5.57 Å². The second-order valence-electron chi connectivity index (χ2n) is 7.18. The van der Waals surface area contributed by atoms with Crippen LogP contribution in [0, 0.1) is 13.8 Å². The van der Waals surface area contributed by atoms with Gasteiger partial charge in [-0.05, 0) is 61.4 Å². The highest BCUT2D eigenvalue weighted by molar-refractivity contribution is 6.32. The third kappa shape index (κ3) is 4.14. The summed E-state index contributed by atoms with van der Waals surface area (Å²) in [5.74, 6) is -0.0775. The zero-order valence-corrected chi connectivity index (χ0v) is 16.6. The lowest BCUT2D eigenvalue weighted by atomic mass is 10.0. The molecule has 0 saturated carbocycles. The van der Waals surface area contributed by atoms with Gasteiger partial charge in [-0.1, -0.05) is 18.2 Å². The molecular weight excluding hydrogens is 360 g/mol. The van der Waals surface area contributed by atoms with Crippen LogP contribution in [0.15, 0.2) is 67.0 Å². The van der Waals surface area contributed by atoms with Crippen molar-refractivity contribution >= 4 is 28.5 Å². The number of pyridine rings is 1. The summed E-state index contributed by atoms with van der Waals surface area (Å²) >= 11 is 0. The van der Waals surface area contributed by atoms with Gasteiger partial charge >= 0.3 is 0 Å². The van der Waals surface area contributed by atoms with Crippen LogP contribution >= 0.6 is 0 Å². The molecule has 4 rings (SSSR count). The fraction of sp³-hybridized carbons (Fsp3) is 0.167. The number of benzene rings is 2. The summed E-state index contributed by atoms with van der Waals surface area (Å²) in [7, 11) is 0. The first kappa shape index (κ1) is 18.7. The van der Waals surface area contributed by atoms with Gasteiger partial charge in [0, 0.05) is 53.7 Å². The molecule has 1 amide bonds. The Morgan fingerprint density at radius 3 is 2.72 bits per heavy atom. The minimum absolute atomic E-state index is 0.0775. The minimum Gasteiger partial charge on any atom is -0.384 e. The van der Waals surface area contributed by atoms with Crippen molar-refractivity contribution in [1.29, 1.82) is 0 Å². The molecule has 2 aromatic carbocycles. The number of nitrogens with one attached hydrogen (secondary N) is 3. The van der Waals surface area contributed by atoms with Crippen LogP contribution in [0.25, 0.3) is 5.57 Å². The van der Waals surface area contributed by atoms with E-state index in [1.54, 1.807) is 6.20 Å². The molecule has 5 nitrogen and oxygen atoms in total. The van der Waals surface area contributed by atoms with E-state index in [4.69, 9.17) is 0 Å². The van der Waals surface area contributed by atoms with E-state index >= 15 is 0 Å². The molecule has 3 N–H and O–H groups in total. The molecule has 3 aromatic rings. The molecular formula is C24H24N4O. The molecule has 146 valence electrons. The molecule has 0 spiro atoms.